The van der Waals surface area contributed by atoms with Gasteiger partial charge in [-0.25, -0.2) is 0 Å². The van der Waals surface area contributed by atoms with Gasteiger partial charge in [0.2, 0.25) is 0 Å². The van der Waals surface area contributed by atoms with Crippen molar-refractivity contribution in [2.75, 3.05) is 0 Å². The minimum atomic E-state index is 0.534. The summed E-state index contributed by atoms with van der Waals surface area (Å²) in [5, 5.41) is 0. The van der Waals surface area contributed by atoms with Crippen LogP contribution in [-0.4, -0.2) is 4.98 Å². The largest absolute Gasteiger partial charge is 0.326 e. The first-order chi connectivity index (χ1) is 7.70. The molecule has 0 aliphatic heterocycles. The van der Waals surface area contributed by atoms with Crippen molar-refractivity contribution in [1.82, 2.24) is 4.98 Å². The van der Waals surface area contributed by atoms with E-state index in [1.807, 2.05) is 18.3 Å². The third-order valence-electron chi connectivity index (χ3n) is 2.47. The lowest BCUT2D eigenvalue weighted by Crippen LogP contribution is -1.99. The lowest BCUT2D eigenvalue weighted by Gasteiger charge is -2.07. The Bertz CT molecular complexity index is 509. The molecule has 0 saturated heterocycles. The highest BCUT2D eigenvalue weighted by atomic mass is 79.9. The Morgan fingerprint density at radius 1 is 1.31 bits per heavy atom. The van der Waals surface area contributed by atoms with Gasteiger partial charge in [-0.3, -0.25) is 4.98 Å². The number of rotatable bonds is 2. The Kier molecular flexibility index (Phi) is 3.36. The maximum atomic E-state index is 5.58. The van der Waals surface area contributed by atoms with E-state index in [2.05, 4.69) is 46.0 Å². The van der Waals surface area contributed by atoms with Gasteiger partial charge in [-0.05, 0) is 30.2 Å². The van der Waals surface area contributed by atoms with Crippen LogP contribution >= 0.6 is 15.9 Å². The fraction of sp³-hybridized carbons (Fsp3) is 0.154. The second-order valence-electron chi connectivity index (χ2n) is 3.72. The molecule has 0 aliphatic rings. The van der Waals surface area contributed by atoms with Crippen LogP contribution in [0.1, 0.15) is 11.1 Å². The summed E-state index contributed by atoms with van der Waals surface area (Å²) in [5.74, 6) is 0. The lowest BCUT2D eigenvalue weighted by molar-refractivity contribution is 1.04. The Hall–Kier alpha value is -1.19. The summed E-state index contributed by atoms with van der Waals surface area (Å²) >= 11 is 3.46. The van der Waals surface area contributed by atoms with Crippen molar-refractivity contribution in [3.63, 3.8) is 0 Å². The number of aryl methyl sites for hydroxylation is 1. The third-order valence-corrected chi connectivity index (χ3v) is 2.96. The Morgan fingerprint density at radius 2 is 2.12 bits per heavy atom. The van der Waals surface area contributed by atoms with Crippen molar-refractivity contribution in [1.29, 1.82) is 0 Å². The standard InChI is InChI=1S/C13H13BrN2/c1-9-5-10(7-15)8-16-13(9)11-3-2-4-12(14)6-11/h2-6,8H,7,15H2,1H3. The van der Waals surface area contributed by atoms with E-state index in [0.29, 0.717) is 6.54 Å². The van der Waals surface area contributed by atoms with Gasteiger partial charge in [-0.15, -0.1) is 0 Å². The van der Waals surface area contributed by atoms with Crippen LogP contribution in [0.2, 0.25) is 0 Å². The van der Waals surface area contributed by atoms with Crippen LogP contribution in [0.15, 0.2) is 41.0 Å². The minimum absolute atomic E-state index is 0.534. The van der Waals surface area contributed by atoms with Crippen LogP contribution < -0.4 is 5.73 Å². The van der Waals surface area contributed by atoms with E-state index >= 15 is 0 Å². The van der Waals surface area contributed by atoms with Gasteiger partial charge in [-0.1, -0.05) is 34.1 Å². The van der Waals surface area contributed by atoms with E-state index in [1.54, 1.807) is 0 Å². The molecule has 0 bridgehead atoms. The Labute approximate surface area is 104 Å². The van der Waals surface area contributed by atoms with Gasteiger partial charge in [0.25, 0.3) is 0 Å². The molecule has 0 radical (unpaired) electrons. The molecule has 1 aromatic heterocycles. The van der Waals surface area contributed by atoms with Gasteiger partial charge < -0.3 is 5.73 Å². The SMILES string of the molecule is Cc1cc(CN)cnc1-c1cccc(Br)c1. The summed E-state index contributed by atoms with van der Waals surface area (Å²) in [6.45, 7) is 2.59. The molecule has 0 spiro atoms. The number of nitrogens with two attached hydrogens (primary N) is 1. The summed E-state index contributed by atoms with van der Waals surface area (Å²) in [6, 6.07) is 10.2. The predicted molar refractivity (Wildman–Crippen MR) is 70.0 cm³/mol. The second kappa shape index (κ2) is 4.76. The number of pyridine rings is 1. The van der Waals surface area contributed by atoms with Crippen LogP contribution in [0.5, 0.6) is 0 Å². The van der Waals surface area contributed by atoms with Crippen molar-refractivity contribution in [2.45, 2.75) is 13.5 Å². The minimum Gasteiger partial charge on any atom is -0.326 e. The van der Waals surface area contributed by atoms with Crippen LogP contribution in [0.4, 0.5) is 0 Å². The average molecular weight is 277 g/mol. The molecule has 0 atom stereocenters. The third kappa shape index (κ3) is 2.31. The number of nitrogens with zero attached hydrogens (tertiary/aromatic N) is 1. The summed E-state index contributed by atoms with van der Waals surface area (Å²) in [6.07, 6.45) is 1.84. The molecular formula is C13H13BrN2. The first-order valence-corrected chi connectivity index (χ1v) is 5.91. The van der Waals surface area contributed by atoms with Gasteiger partial charge in [0.15, 0.2) is 0 Å². The fourth-order valence-corrected chi connectivity index (χ4v) is 2.08. The maximum Gasteiger partial charge on any atom is 0.0731 e. The lowest BCUT2D eigenvalue weighted by atomic mass is 10.1. The van der Waals surface area contributed by atoms with Crippen molar-refractivity contribution in [3.05, 3.63) is 52.1 Å². The molecule has 1 heterocycles. The Morgan fingerprint density at radius 3 is 2.75 bits per heavy atom. The molecule has 2 N–H and O–H groups in total. The number of halogens is 1. The van der Waals surface area contributed by atoms with Gasteiger partial charge in [0.1, 0.15) is 0 Å². The molecule has 0 unspecified atom stereocenters. The van der Waals surface area contributed by atoms with Gasteiger partial charge >= 0.3 is 0 Å². The van der Waals surface area contributed by atoms with Crippen molar-refractivity contribution in [2.24, 2.45) is 5.73 Å². The zero-order valence-electron chi connectivity index (χ0n) is 9.07. The summed E-state index contributed by atoms with van der Waals surface area (Å²) in [5.41, 5.74) is 9.94. The van der Waals surface area contributed by atoms with Gasteiger partial charge in [0.05, 0.1) is 5.69 Å². The molecule has 0 saturated carbocycles. The summed E-state index contributed by atoms with van der Waals surface area (Å²) in [7, 11) is 0. The summed E-state index contributed by atoms with van der Waals surface area (Å²) in [4.78, 5) is 4.46. The van der Waals surface area contributed by atoms with Crippen molar-refractivity contribution in [3.8, 4) is 11.3 Å². The first kappa shape index (κ1) is 11.3. The first-order valence-electron chi connectivity index (χ1n) is 5.12. The molecule has 3 heteroatoms. The molecule has 2 rings (SSSR count). The average Bonchev–Trinajstić information content (AvgIpc) is 2.28. The van der Waals surface area contributed by atoms with E-state index in [0.717, 1.165) is 26.9 Å². The van der Waals surface area contributed by atoms with Crippen LogP contribution in [-0.2, 0) is 6.54 Å². The molecular weight excluding hydrogens is 264 g/mol. The Balaban J connectivity index is 2.48. The van der Waals surface area contributed by atoms with Crippen LogP contribution in [0, 0.1) is 6.92 Å². The van der Waals surface area contributed by atoms with Gasteiger partial charge in [-0.2, -0.15) is 0 Å². The molecule has 0 fully saturated rings. The number of benzene rings is 1. The molecule has 2 aromatic rings. The zero-order chi connectivity index (χ0) is 11.5. The molecule has 2 nitrogen and oxygen atoms in total. The van der Waals surface area contributed by atoms with Crippen LogP contribution in [0.25, 0.3) is 11.3 Å². The predicted octanol–water partition coefficient (Wildman–Crippen LogP) is 3.28. The molecule has 16 heavy (non-hydrogen) atoms. The molecule has 82 valence electrons. The zero-order valence-corrected chi connectivity index (χ0v) is 10.7. The van der Waals surface area contributed by atoms with E-state index in [9.17, 15) is 0 Å². The maximum absolute atomic E-state index is 5.58. The fourth-order valence-electron chi connectivity index (χ4n) is 1.68. The summed E-state index contributed by atoms with van der Waals surface area (Å²) < 4.78 is 1.06. The normalized spacial score (nSPS) is 10.4. The number of hydrogen-bond donors (Lipinski definition) is 1. The molecule has 0 amide bonds. The smallest absolute Gasteiger partial charge is 0.0731 e. The molecule has 0 aliphatic carbocycles. The highest BCUT2D eigenvalue weighted by Crippen LogP contribution is 2.24. The van der Waals surface area contributed by atoms with Crippen molar-refractivity contribution >= 4 is 15.9 Å². The quantitative estimate of drug-likeness (QED) is 0.914. The highest BCUT2D eigenvalue weighted by molar-refractivity contribution is 9.10. The van der Waals surface area contributed by atoms with E-state index in [4.69, 9.17) is 5.73 Å². The topological polar surface area (TPSA) is 38.9 Å². The van der Waals surface area contributed by atoms with Crippen LogP contribution in [0.3, 0.4) is 0 Å². The number of hydrogen-bond acceptors (Lipinski definition) is 2. The monoisotopic (exact) mass is 276 g/mol. The van der Waals surface area contributed by atoms with E-state index in [-0.39, 0.29) is 0 Å². The van der Waals surface area contributed by atoms with Crippen molar-refractivity contribution < 1.29 is 0 Å². The van der Waals surface area contributed by atoms with E-state index in [1.165, 1.54) is 0 Å². The highest BCUT2D eigenvalue weighted by Gasteiger charge is 2.04. The second-order valence-corrected chi connectivity index (χ2v) is 4.64. The molecule has 1 aromatic carbocycles. The van der Waals surface area contributed by atoms with Gasteiger partial charge in [0, 0.05) is 22.8 Å². The van der Waals surface area contributed by atoms with E-state index < -0.39 is 0 Å². The number of aromatic nitrogens is 1.